The molecule has 0 radical (unpaired) electrons. The van der Waals surface area contributed by atoms with Crippen LogP contribution in [-0.4, -0.2) is 47.7 Å². The molecule has 1 saturated heterocycles. The lowest BCUT2D eigenvalue weighted by atomic mass is 10.1. The van der Waals surface area contributed by atoms with Gasteiger partial charge >= 0.3 is 5.97 Å². The first-order valence-corrected chi connectivity index (χ1v) is 8.97. The van der Waals surface area contributed by atoms with Gasteiger partial charge in [0.2, 0.25) is 5.91 Å². The quantitative estimate of drug-likeness (QED) is 0.804. The molecule has 0 spiro atoms. The van der Waals surface area contributed by atoms with Gasteiger partial charge in [-0.2, -0.15) is 0 Å². The highest BCUT2D eigenvalue weighted by atomic mass is 19.1. The van der Waals surface area contributed by atoms with Crippen LogP contribution in [0, 0.1) is 5.82 Å². The Kier molecular flexibility index (Phi) is 6.24. The first-order chi connectivity index (χ1) is 13.0. The monoisotopic (exact) mass is 375 g/mol. The van der Waals surface area contributed by atoms with Crippen molar-refractivity contribution >= 4 is 11.9 Å². The van der Waals surface area contributed by atoms with E-state index in [1.807, 2.05) is 0 Å². The van der Waals surface area contributed by atoms with Crippen LogP contribution in [-0.2, 0) is 20.7 Å². The van der Waals surface area contributed by atoms with E-state index in [4.69, 9.17) is 14.3 Å². The Labute approximate surface area is 156 Å². The average Bonchev–Trinajstić information content (AvgIpc) is 3.14. The number of halogens is 1. The number of carboxylic acid groups (broad SMARTS) is 1. The van der Waals surface area contributed by atoms with Gasteiger partial charge in [0.15, 0.2) is 0 Å². The van der Waals surface area contributed by atoms with E-state index in [1.54, 1.807) is 30.3 Å². The van der Waals surface area contributed by atoms with Crippen molar-refractivity contribution in [3.8, 4) is 11.3 Å². The zero-order valence-corrected chi connectivity index (χ0v) is 14.9. The first-order valence-electron chi connectivity index (χ1n) is 8.97. The van der Waals surface area contributed by atoms with E-state index in [-0.39, 0.29) is 30.7 Å². The lowest BCUT2D eigenvalue weighted by molar-refractivity contribution is -0.147. The summed E-state index contributed by atoms with van der Waals surface area (Å²) in [5, 5.41) is 9.12. The molecular weight excluding hydrogens is 353 g/mol. The number of nitrogens with zero attached hydrogens (tertiary/aromatic N) is 1. The van der Waals surface area contributed by atoms with Gasteiger partial charge in [-0.3, -0.25) is 9.59 Å². The molecule has 1 aromatic heterocycles. The van der Waals surface area contributed by atoms with Crippen molar-refractivity contribution in [2.45, 2.75) is 31.7 Å². The predicted octanol–water partition coefficient (Wildman–Crippen LogP) is 3.11. The molecular formula is C20H22FNO5. The molecule has 0 atom stereocenters. The largest absolute Gasteiger partial charge is 0.480 e. The minimum atomic E-state index is -1.03. The van der Waals surface area contributed by atoms with Gasteiger partial charge in [0.25, 0.3) is 0 Å². The minimum Gasteiger partial charge on any atom is -0.480 e. The molecule has 6 nitrogen and oxygen atoms in total. The zero-order valence-electron chi connectivity index (χ0n) is 14.9. The lowest BCUT2D eigenvalue weighted by Crippen LogP contribution is -2.46. The first kappa shape index (κ1) is 19.1. The second-order valence-corrected chi connectivity index (χ2v) is 6.50. The molecule has 0 unspecified atom stereocenters. The second-order valence-electron chi connectivity index (χ2n) is 6.50. The lowest BCUT2D eigenvalue weighted by Gasteiger charge is -2.33. The van der Waals surface area contributed by atoms with Crippen LogP contribution in [0.3, 0.4) is 0 Å². The summed E-state index contributed by atoms with van der Waals surface area (Å²) in [4.78, 5) is 25.2. The number of amides is 1. The third-order valence-corrected chi connectivity index (χ3v) is 4.64. The number of carbonyl (C=O) groups excluding carboxylic acids is 1. The third-order valence-electron chi connectivity index (χ3n) is 4.64. The van der Waals surface area contributed by atoms with E-state index < -0.39 is 5.97 Å². The van der Waals surface area contributed by atoms with Crippen LogP contribution < -0.4 is 0 Å². The van der Waals surface area contributed by atoms with Crippen LogP contribution in [0.4, 0.5) is 4.39 Å². The number of aryl methyl sites for hydroxylation is 1. The molecule has 2 aromatic rings. The van der Waals surface area contributed by atoms with Gasteiger partial charge in [-0.1, -0.05) is 12.1 Å². The number of furan rings is 1. The van der Waals surface area contributed by atoms with E-state index in [9.17, 15) is 14.0 Å². The van der Waals surface area contributed by atoms with Crippen LogP contribution in [0.1, 0.15) is 25.0 Å². The molecule has 0 bridgehead atoms. The fourth-order valence-electron chi connectivity index (χ4n) is 3.26. The number of ether oxygens (including phenoxy) is 1. The van der Waals surface area contributed by atoms with Crippen molar-refractivity contribution < 1.29 is 28.2 Å². The molecule has 7 heteroatoms. The fourth-order valence-corrected chi connectivity index (χ4v) is 3.26. The molecule has 144 valence electrons. The summed E-state index contributed by atoms with van der Waals surface area (Å²) in [5.74, 6) is -0.671. The summed E-state index contributed by atoms with van der Waals surface area (Å²) in [6.07, 6.45) is 1.73. The van der Waals surface area contributed by atoms with Crippen molar-refractivity contribution in [3.05, 3.63) is 48.0 Å². The van der Waals surface area contributed by atoms with Crippen LogP contribution >= 0.6 is 0 Å². The van der Waals surface area contributed by atoms with Crippen LogP contribution in [0.2, 0.25) is 0 Å². The standard InChI is InChI=1S/C20H22FNO5/c21-17-4-2-1-3-16(17)18-7-5-15(27-18)6-8-19(23)22(13-20(24)25)14-9-11-26-12-10-14/h1-5,7,14H,6,8-13H2,(H,24,25). The zero-order chi connectivity index (χ0) is 19.2. The Balaban J connectivity index is 1.63. The van der Waals surface area contributed by atoms with Gasteiger partial charge in [-0.25, -0.2) is 4.39 Å². The number of carboxylic acids is 1. The maximum atomic E-state index is 13.8. The molecule has 1 fully saturated rings. The van der Waals surface area contributed by atoms with Gasteiger partial charge in [0.05, 0.1) is 5.56 Å². The Morgan fingerprint density at radius 1 is 1.15 bits per heavy atom. The summed E-state index contributed by atoms with van der Waals surface area (Å²) in [6, 6.07) is 9.59. The van der Waals surface area contributed by atoms with Crippen molar-refractivity contribution in [1.29, 1.82) is 0 Å². The average molecular weight is 375 g/mol. The number of hydrogen-bond acceptors (Lipinski definition) is 4. The van der Waals surface area contributed by atoms with Crippen LogP contribution in [0.5, 0.6) is 0 Å². The highest BCUT2D eigenvalue weighted by Gasteiger charge is 2.27. The van der Waals surface area contributed by atoms with E-state index in [0.29, 0.717) is 49.6 Å². The Morgan fingerprint density at radius 2 is 1.89 bits per heavy atom. The number of hydrogen-bond donors (Lipinski definition) is 1. The van der Waals surface area contributed by atoms with E-state index in [0.717, 1.165) is 0 Å². The van der Waals surface area contributed by atoms with Crippen LogP contribution in [0.15, 0.2) is 40.8 Å². The Bertz CT molecular complexity index is 797. The van der Waals surface area contributed by atoms with Crippen molar-refractivity contribution in [1.82, 2.24) is 4.90 Å². The fraction of sp³-hybridized carbons (Fsp3) is 0.400. The van der Waals surface area contributed by atoms with E-state index in [2.05, 4.69) is 0 Å². The third kappa shape index (κ3) is 4.95. The molecule has 1 aromatic carbocycles. The highest BCUT2D eigenvalue weighted by Crippen LogP contribution is 2.25. The SMILES string of the molecule is O=C(O)CN(C(=O)CCc1ccc(-c2ccccc2F)o1)C1CCOCC1. The van der Waals surface area contributed by atoms with Crippen molar-refractivity contribution in [2.75, 3.05) is 19.8 Å². The molecule has 2 heterocycles. The second kappa shape index (κ2) is 8.81. The number of carbonyl (C=O) groups is 2. The van der Waals surface area contributed by atoms with E-state index in [1.165, 1.54) is 11.0 Å². The molecule has 27 heavy (non-hydrogen) atoms. The Hall–Kier alpha value is -2.67. The minimum absolute atomic E-state index is 0.118. The van der Waals surface area contributed by atoms with Gasteiger partial charge < -0.3 is 19.2 Å². The van der Waals surface area contributed by atoms with E-state index >= 15 is 0 Å². The Morgan fingerprint density at radius 3 is 2.59 bits per heavy atom. The number of rotatable bonds is 7. The molecule has 1 amide bonds. The predicted molar refractivity (Wildman–Crippen MR) is 95.6 cm³/mol. The summed E-state index contributed by atoms with van der Waals surface area (Å²) in [5.41, 5.74) is 0.366. The van der Waals surface area contributed by atoms with Gasteiger partial charge in [-0.15, -0.1) is 0 Å². The normalized spacial score (nSPS) is 14.9. The van der Waals surface area contributed by atoms with Gasteiger partial charge in [0.1, 0.15) is 23.9 Å². The molecule has 1 N–H and O–H groups in total. The summed E-state index contributed by atoms with van der Waals surface area (Å²) in [7, 11) is 0. The van der Waals surface area contributed by atoms with Crippen molar-refractivity contribution in [2.24, 2.45) is 0 Å². The van der Waals surface area contributed by atoms with Crippen molar-refractivity contribution in [3.63, 3.8) is 0 Å². The van der Waals surface area contributed by atoms with Crippen LogP contribution in [0.25, 0.3) is 11.3 Å². The molecule has 0 saturated carbocycles. The van der Waals surface area contributed by atoms with Gasteiger partial charge in [0, 0.05) is 32.1 Å². The molecule has 0 aliphatic carbocycles. The maximum Gasteiger partial charge on any atom is 0.323 e. The van der Waals surface area contributed by atoms with Gasteiger partial charge in [-0.05, 0) is 37.1 Å². The smallest absolute Gasteiger partial charge is 0.323 e. The number of aliphatic carboxylic acids is 1. The number of benzene rings is 1. The maximum absolute atomic E-state index is 13.8. The summed E-state index contributed by atoms with van der Waals surface area (Å²) in [6.45, 7) is 0.735. The molecule has 3 rings (SSSR count). The summed E-state index contributed by atoms with van der Waals surface area (Å²) < 4.78 is 24.8. The topological polar surface area (TPSA) is 80.0 Å². The summed E-state index contributed by atoms with van der Waals surface area (Å²) >= 11 is 0. The molecule has 1 aliphatic heterocycles. The highest BCUT2D eigenvalue weighted by molar-refractivity contribution is 5.81. The molecule has 1 aliphatic rings.